The largest absolute Gasteiger partial charge is 0.491 e. The van der Waals surface area contributed by atoms with Gasteiger partial charge < -0.3 is 24.8 Å². The number of aryl methyl sites for hydroxylation is 1. The second kappa shape index (κ2) is 15.3. The molecule has 0 heterocycles. The van der Waals surface area contributed by atoms with Crippen LogP contribution in [-0.4, -0.2) is 52.6 Å². The third-order valence-electron chi connectivity index (χ3n) is 3.98. The summed E-state index contributed by atoms with van der Waals surface area (Å²) < 4.78 is 16.8. The molecule has 0 bridgehead atoms. The number of guanidine groups is 1. The van der Waals surface area contributed by atoms with Crippen molar-refractivity contribution in [3.05, 3.63) is 29.3 Å². The fourth-order valence-electron chi connectivity index (χ4n) is 2.43. The molecule has 0 aromatic heterocycles. The highest BCUT2D eigenvalue weighted by Crippen LogP contribution is 2.20. The van der Waals surface area contributed by atoms with Crippen molar-refractivity contribution < 1.29 is 14.2 Å². The van der Waals surface area contributed by atoms with Crippen LogP contribution in [-0.2, 0) is 16.0 Å². The second-order valence-electron chi connectivity index (χ2n) is 6.33. The van der Waals surface area contributed by atoms with Crippen LogP contribution in [0.1, 0.15) is 44.2 Å². The van der Waals surface area contributed by atoms with E-state index in [1.807, 2.05) is 6.92 Å². The molecule has 0 saturated heterocycles. The Morgan fingerprint density at radius 2 is 1.81 bits per heavy atom. The first-order chi connectivity index (χ1) is 13.2. The van der Waals surface area contributed by atoms with E-state index in [0.717, 1.165) is 49.9 Å². The SMILES string of the molecule is CCCCOCCCNC(=NC)NCc1ccc(C)cc1OCCOCC. The molecule has 1 rings (SSSR count). The molecular weight excluding hydrogens is 342 g/mol. The number of nitrogens with one attached hydrogen (secondary N) is 2. The molecule has 0 radical (unpaired) electrons. The van der Waals surface area contributed by atoms with E-state index >= 15 is 0 Å². The Balaban J connectivity index is 2.38. The van der Waals surface area contributed by atoms with Crippen molar-refractivity contribution in [3.63, 3.8) is 0 Å². The number of unbranched alkanes of at least 4 members (excludes halogenated alkanes) is 1. The van der Waals surface area contributed by atoms with Gasteiger partial charge in [-0.1, -0.05) is 25.5 Å². The molecule has 6 nitrogen and oxygen atoms in total. The Hall–Kier alpha value is -1.79. The highest BCUT2D eigenvalue weighted by molar-refractivity contribution is 5.79. The Morgan fingerprint density at radius 1 is 1.00 bits per heavy atom. The maximum absolute atomic E-state index is 5.89. The molecule has 0 atom stereocenters. The minimum atomic E-state index is 0.551. The molecule has 1 aromatic carbocycles. The van der Waals surface area contributed by atoms with Crippen LogP contribution in [0.25, 0.3) is 0 Å². The highest BCUT2D eigenvalue weighted by atomic mass is 16.5. The lowest BCUT2D eigenvalue weighted by molar-refractivity contribution is 0.110. The van der Waals surface area contributed by atoms with E-state index in [-0.39, 0.29) is 0 Å². The molecular formula is C21H37N3O3. The second-order valence-corrected chi connectivity index (χ2v) is 6.33. The molecule has 6 heteroatoms. The topological polar surface area (TPSA) is 64.1 Å². The predicted octanol–water partition coefficient (Wildman–Crippen LogP) is 3.28. The van der Waals surface area contributed by atoms with Crippen molar-refractivity contribution >= 4 is 5.96 Å². The van der Waals surface area contributed by atoms with E-state index in [2.05, 4.69) is 47.7 Å². The molecule has 0 fully saturated rings. The summed E-state index contributed by atoms with van der Waals surface area (Å²) in [6.45, 7) is 11.2. The summed E-state index contributed by atoms with van der Waals surface area (Å²) in [4.78, 5) is 4.28. The van der Waals surface area contributed by atoms with Crippen molar-refractivity contribution in [3.8, 4) is 5.75 Å². The van der Waals surface area contributed by atoms with E-state index in [0.29, 0.717) is 26.4 Å². The van der Waals surface area contributed by atoms with Crippen LogP contribution in [0, 0.1) is 6.92 Å². The lowest BCUT2D eigenvalue weighted by Crippen LogP contribution is -2.37. The molecule has 1 aromatic rings. The van der Waals surface area contributed by atoms with Crippen LogP contribution >= 0.6 is 0 Å². The average molecular weight is 380 g/mol. The number of aliphatic imine (C=N–C) groups is 1. The average Bonchev–Trinajstić information content (AvgIpc) is 2.68. The molecule has 0 aliphatic heterocycles. The van der Waals surface area contributed by atoms with Crippen LogP contribution in [0.3, 0.4) is 0 Å². The van der Waals surface area contributed by atoms with Crippen molar-refractivity contribution in [1.29, 1.82) is 0 Å². The number of hydrogen-bond acceptors (Lipinski definition) is 4. The smallest absolute Gasteiger partial charge is 0.191 e. The van der Waals surface area contributed by atoms with Crippen molar-refractivity contribution in [2.24, 2.45) is 4.99 Å². The zero-order valence-electron chi connectivity index (χ0n) is 17.5. The maximum atomic E-state index is 5.89. The first-order valence-corrected chi connectivity index (χ1v) is 10.0. The normalized spacial score (nSPS) is 11.5. The van der Waals surface area contributed by atoms with Gasteiger partial charge in [-0.25, -0.2) is 0 Å². The van der Waals surface area contributed by atoms with E-state index in [4.69, 9.17) is 14.2 Å². The monoisotopic (exact) mass is 379 g/mol. The standard InChI is InChI=1S/C21H37N3O3/c1-5-7-12-26-13-8-11-23-21(22-4)24-17-19-10-9-18(3)16-20(19)27-15-14-25-6-2/h9-10,16H,5-8,11-15,17H2,1-4H3,(H2,22,23,24). The molecule has 0 saturated carbocycles. The summed E-state index contributed by atoms with van der Waals surface area (Å²) in [7, 11) is 1.78. The van der Waals surface area contributed by atoms with Crippen LogP contribution in [0.15, 0.2) is 23.2 Å². The van der Waals surface area contributed by atoms with Gasteiger partial charge in [-0.3, -0.25) is 4.99 Å². The van der Waals surface area contributed by atoms with Gasteiger partial charge in [0.05, 0.1) is 6.61 Å². The lowest BCUT2D eigenvalue weighted by Gasteiger charge is -2.15. The Labute approximate surface area is 164 Å². The van der Waals surface area contributed by atoms with Gasteiger partial charge in [0.1, 0.15) is 12.4 Å². The molecule has 0 unspecified atom stereocenters. The summed E-state index contributed by atoms with van der Waals surface area (Å²) in [6, 6.07) is 6.25. The highest BCUT2D eigenvalue weighted by Gasteiger charge is 2.06. The molecule has 0 amide bonds. The van der Waals surface area contributed by atoms with Gasteiger partial charge >= 0.3 is 0 Å². The van der Waals surface area contributed by atoms with Crippen molar-refractivity contribution in [1.82, 2.24) is 10.6 Å². The first-order valence-electron chi connectivity index (χ1n) is 10.0. The third kappa shape index (κ3) is 10.8. The molecule has 154 valence electrons. The summed E-state index contributed by atoms with van der Waals surface area (Å²) in [5.74, 6) is 1.67. The number of ether oxygens (including phenoxy) is 3. The van der Waals surface area contributed by atoms with E-state index in [1.54, 1.807) is 7.05 Å². The van der Waals surface area contributed by atoms with Crippen molar-refractivity contribution in [2.75, 3.05) is 46.6 Å². The van der Waals surface area contributed by atoms with Gasteiger partial charge in [-0.15, -0.1) is 0 Å². The van der Waals surface area contributed by atoms with Gasteiger partial charge in [0.25, 0.3) is 0 Å². The maximum Gasteiger partial charge on any atom is 0.191 e. The molecule has 27 heavy (non-hydrogen) atoms. The molecule has 0 aliphatic carbocycles. The molecule has 0 aliphatic rings. The minimum Gasteiger partial charge on any atom is -0.491 e. The zero-order chi connectivity index (χ0) is 19.7. The number of nitrogens with zero attached hydrogens (tertiary/aromatic N) is 1. The zero-order valence-corrected chi connectivity index (χ0v) is 17.5. The number of rotatable bonds is 14. The van der Waals surface area contributed by atoms with E-state index < -0.39 is 0 Å². The molecule has 0 spiro atoms. The fourth-order valence-corrected chi connectivity index (χ4v) is 2.43. The quantitative estimate of drug-likeness (QED) is 0.295. The first kappa shape index (κ1) is 23.2. The Morgan fingerprint density at radius 3 is 2.56 bits per heavy atom. The third-order valence-corrected chi connectivity index (χ3v) is 3.98. The lowest BCUT2D eigenvalue weighted by atomic mass is 10.1. The van der Waals surface area contributed by atoms with Crippen molar-refractivity contribution in [2.45, 2.75) is 46.6 Å². The van der Waals surface area contributed by atoms with Crippen LogP contribution in [0.4, 0.5) is 0 Å². The summed E-state index contributed by atoms with van der Waals surface area (Å²) in [6.07, 6.45) is 3.26. The Bertz CT molecular complexity index is 535. The number of hydrogen-bond donors (Lipinski definition) is 2. The van der Waals surface area contributed by atoms with E-state index in [9.17, 15) is 0 Å². The van der Waals surface area contributed by atoms with Crippen LogP contribution in [0.5, 0.6) is 5.75 Å². The summed E-state index contributed by atoms with van der Waals surface area (Å²) in [5.41, 5.74) is 2.28. The minimum absolute atomic E-state index is 0.551. The fraction of sp³-hybridized carbons (Fsp3) is 0.667. The summed E-state index contributed by atoms with van der Waals surface area (Å²) >= 11 is 0. The van der Waals surface area contributed by atoms with Gasteiger partial charge in [-0.2, -0.15) is 0 Å². The van der Waals surface area contributed by atoms with Gasteiger partial charge in [-0.05, 0) is 38.3 Å². The van der Waals surface area contributed by atoms with Gasteiger partial charge in [0.15, 0.2) is 5.96 Å². The van der Waals surface area contributed by atoms with Crippen LogP contribution < -0.4 is 15.4 Å². The van der Waals surface area contributed by atoms with Crippen LogP contribution in [0.2, 0.25) is 0 Å². The van der Waals surface area contributed by atoms with Gasteiger partial charge in [0.2, 0.25) is 0 Å². The molecule has 2 N–H and O–H groups in total. The Kier molecular flexibility index (Phi) is 13.2. The van der Waals surface area contributed by atoms with E-state index in [1.165, 1.54) is 12.0 Å². The summed E-state index contributed by atoms with van der Waals surface area (Å²) in [5, 5.41) is 6.66. The van der Waals surface area contributed by atoms with Gasteiger partial charge in [0, 0.05) is 45.5 Å². The predicted molar refractivity (Wildman–Crippen MR) is 112 cm³/mol. The number of benzene rings is 1.